The van der Waals surface area contributed by atoms with E-state index in [1.807, 2.05) is 24.3 Å². The Morgan fingerprint density at radius 1 is 1.21 bits per heavy atom. The molecule has 3 fully saturated rings. The van der Waals surface area contributed by atoms with Crippen LogP contribution in [0, 0.1) is 17.8 Å². The Morgan fingerprint density at radius 2 is 2.00 bits per heavy atom. The Labute approximate surface area is 171 Å². The van der Waals surface area contributed by atoms with Crippen LogP contribution < -0.4 is 0 Å². The smallest absolute Gasteiger partial charge is 0.335 e. The molecule has 3 aliphatic rings. The fraction of sp³-hybridized carbons (Fsp3) is 0.542. The second-order valence-corrected chi connectivity index (χ2v) is 8.72. The van der Waals surface area contributed by atoms with Crippen molar-refractivity contribution >= 4 is 12.0 Å². The summed E-state index contributed by atoms with van der Waals surface area (Å²) in [5.74, 6) is 0.398. The highest BCUT2D eigenvalue weighted by molar-refractivity contribution is 5.88. The van der Waals surface area contributed by atoms with E-state index in [-0.39, 0.29) is 23.5 Å². The predicted octanol–water partition coefficient (Wildman–Crippen LogP) is 4.01. The average Bonchev–Trinajstić information content (AvgIpc) is 3.23. The number of carboxylic acids is 1. The van der Waals surface area contributed by atoms with Gasteiger partial charge in [-0.2, -0.15) is 0 Å². The number of hydrogen-bond acceptors (Lipinski definition) is 4. The number of rotatable bonds is 5. The van der Waals surface area contributed by atoms with Crippen molar-refractivity contribution < 1.29 is 24.9 Å². The van der Waals surface area contributed by atoms with Gasteiger partial charge in [-0.05, 0) is 42.5 Å². The Morgan fingerprint density at radius 3 is 2.76 bits per heavy atom. The standard InChI is InChI=1S/C24H30O5/c25-21(16-6-2-1-3-7-16)10-9-19-20-13-18(29-23(20)14-22(19)26)12-15-5-4-8-17(11-15)24(27)28/h4-5,8-12,16,19-23,25-26H,1-3,6-7,13-14H2,(H,27,28)/b10-9+,18-12?/t19-,20-,21-,22-,23+/m1/s1. The highest BCUT2D eigenvalue weighted by atomic mass is 16.5. The lowest BCUT2D eigenvalue weighted by Gasteiger charge is -2.25. The molecule has 1 aliphatic heterocycles. The topological polar surface area (TPSA) is 87.0 Å². The van der Waals surface area contributed by atoms with Crippen LogP contribution in [0.5, 0.6) is 0 Å². The Bertz CT molecular complexity index is 792. The van der Waals surface area contributed by atoms with Gasteiger partial charge in [0.1, 0.15) is 6.10 Å². The van der Waals surface area contributed by atoms with Crippen molar-refractivity contribution in [3.8, 4) is 0 Å². The molecule has 3 N–H and O–H groups in total. The maximum atomic E-state index is 11.2. The average molecular weight is 398 g/mol. The van der Waals surface area contributed by atoms with E-state index >= 15 is 0 Å². The van der Waals surface area contributed by atoms with Crippen LogP contribution >= 0.6 is 0 Å². The quantitative estimate of drug-likeness (QED) is 0.653. The van der Waals surface area contributed by atoms with E-state index in [0.717, 1.165) is 24.2 Å². The van der Waals surface area contributed by atoms with E-state index in [2.05, 4.69) is 0 Å². The van der Waals surface area contributed by atoms with Crippen LogP contribution in [0.15, 0.2) is 42.2 Å². The molecule has 29 heavy (non-hydrogen) atoms. The number of aliphatic hydroxyl groups excluding tert-OH is 2. The molecule has 5 heteroatoms. The zero-order valence-corrected chi connectivity index (χ0v) is 16.6. The number of fused-ring (bicyclic) bond motifs is 1. The summed E-state index contributed by atoms with van der Waals surface area (Å²) in [6, 6.07) is 6.81. The van der Waals surface area contributed by atoms with Crippen molar-refractivity contribution in [2.24, 2.45) is 17.8 Å². The molecule has 1 aromatic carbocycles. The molecule has 0 bridgehead atoms. The monoisotopic (exact) mass is 398 g/mol. The van der Waals surface area contributed by atoms with Gasteiger partial charge in [-0.3, -0.25) is 0 Å². The van der Waals surface area contributed by atoms with Crippen LogP contribution in [-0.2, 0) is 4.74 Å². The molecule has 1 saturated heterocycles. The molecular weight excluding hydrogens is 368 g/mol. The van der Waals surface area contributed by atoms with Crippen LogP contribution in [0.1, 0.15) is 60.9 Å². The number of hydrogen-bond donors (Lipinski definition) is 3. The van der Waals surface area contributed by atoms with Gasteiger partial charge in [-0.15, -0.1) is 0 Å². The van der Waals surface area contributed by atoms with Gasteiger partial charge in [0.25, 0.3) is 0 Å². The van der Waals surface area contributed by atoms with Gasteiger partial charge >= 0.3 is 5.97 Å². The summed E-state index contributed by atoms with van der Waals surface area (Å²) in [6.07, 6.45) is 12.0. The first-order valence-corrected chi connectivity index (χ1v) is 10.8. The van der Waals surface area contributed by atoms with Crippen molar-refractivity contribution in [1.29, 1.82) is 0 Å². The second-order valence-electron chi connectivity index (χ2n) is 8.72. The third kappa shape index (κ3) is 4.57. The van der Waals surface area contributed by atoms with Gasteiger partial charge in [-0.25, -0.2) is 4.79 Å². The third-order valence-corrected chi connectivity index (χ3v) is 6.75. The Balaban J connectivity index is 1.43. The number of ether oxygens (including phenoxy) is 1. The van der Waals surface area contributed by atoms with Crippen molar-refractivity contribution in [3.05, 3.63) is 53.3 Å². The lowest BCUT2D eigenvalue weighted by Crippen LogP contribution is -2.22. The molecule has 2 aliphatic carbocycles. The van der Waals surface area contributed by atoms with Gasteiger partial charge in [0.15, 0.2) is 0 Å². The van der Waals surface area contributed by atoms with Crippen molar-refractivity contribution in [2.45, 2.75) is 63.3 Å². The normalized spacial score (nSPS) is 32.4. The van der Waals surface area contributed by atoms with E-state index in [1.165, 1.54) is 19.3 Å². The molecule has 5 atom stereocenters. The number of carboxylic acid groups (broad SMARTS) is 1. The molecule has 156 valence electrons. The molecule has 5 nitrogen and oxygen atoms in total. The summed E-state index contributed by atoms with van der Waals surface area (Å²) in [4.78, 5) is 11.2. The van der Waals surface area contributed by atoms with Crippen molar-refractivity contribution in [2.75, 3.05) is 0 Å². The summed E-state index contributed by atoms with van der Waals surface area (Å²) in [7, 11) is 0. The molecule has 0 radical (unpaired) electrons. The first kappa shape index (κ1) is 20.2. The van der Waals surface area contributed by atoms with Crippen molar-refractivity contribution in [3.63, 3.8) is 0 Å². The van der Waals surface area contributed by atoms with Crippen LogP contribution in [0.3, 0.4) is 0 Å². The van der Waals surface area contributed by atoms with Crippen LogP contribution in [0.25, 0.3) is 6.08 Å². The number of carbonyl (C=O) groups is 1. The highest BCUT2D eigenvalue weighted by Crippen LogP contribution is 2.46. The first-order valence-electron chi connectivity index (χ1n) is 10.8. The zero-order chi connectivity index (χ0) is 20.4. The number of aliphatic hydroxyl groups is 2. The summed E-state index contributed by atoms with van der Waals surface area (Å²) in [5, 5.41) is 30.2. The first-order chi connectivity index (χ1) is 14.0. The van der Waals surface area contributed by atoms with E-state index < -0.39 is 18.2 Å². The number of aromatic carboxylic acids is 1. The molecule has 2 saturated carbocycles. The van der Waals surface area contributed by atoms with Gasteiger partial charge in [-0.1, -0.05) is 43.5 Å². The summed E-state index contributed by atoms with van der Waals surface area (Å²) in [6.45, 7) is 0. The molecule has 1 aromatic rings. The minimum Gasteiger partial charge on any atom is -0.494 e. The fourth-order valence-corrected chi connectivity index (χ4v) is 5.17. The van der Waals surface area contributed by atoms with E-state index in [4.69, 9.17) is 9.84 Å². The molecule has 0 unspecified atom stereocenters. The summed E-state index contributed by atoms with van der Waals surface area (Å²) < 4.78 is 6.07. The maximum absolute atomic E-state index is 11.2. The Kier molecular flexibility index (Phi) is 6.07. The van der Waals surface area contributed by atoms with Crippen LogP contribution in [0.4, 0.5) is 0 Å². The maximum Gasteiger partial charge on any atom is 0.335 e. The minimum atomic E-state index is -0.945. The molecule has 1 heterocycles. The van der Waals surface area contributed by atoms with Gasteiger partial charge in [0.2, 0.25) is 0 Å². The van der Waals surface area contributed by atoms with Gasteiger partial charge in [0.05, 0.1) is 23.5 Å². The largest absolute Gasteiger partial charge is 0.494 e. The van der Waals surface area contributed by atoms with E-state index in [9.17, 15) is 15.0 Å². The Hall–Kier alpha value is -2.11. The van der Waals surface area contributed by atoms with Crippen molar-refractivity contribution in [1.82, 2.24) is 0 Å². The number of allylic oxidation sites excluding steroid dienone is 1. The summed E-state index contributed by atoms with van der Waals surface area (Å²) >= 11 is 0. The minimum absolute atomic E-state index is 0.0190. The molecule has 0 aromatic heterocycles. The molecule has 4 rings (SSSR count). The fourth-order valence-electron chi connectivity index (χ4n) is 5.17. The highest BCUT2D eigenvalue weighted by Gasteiger charge is 2.47. The third-order valence-electron chi connectivity index (χ3n) is 6.75. The lowest BCUT2D eigenvalue weighted by molar-refractivity contribution is 0.0696. The second kappa shape index (κ2) is 8.72. The van der Waals surface area contributed by atoms with Crippen LogP contribution in [-0.4, -0.2) is 39.6 Å². The van der Waals surface area contributed by atoms with Gasteiger partial charge < -0.3 is 20.1 Å². The summed E-state index contributed by atoms with van der Waals surface area (Å²) in [5.41, 5.74) is 1.06. The lowest BCUT2D eigenvalue weighted by atomic mass is 9.84. The van der Waals surface area contributed by atoms with Gasteiger partial charge in [0, 0.05) is 24.7 Å². The van der Waals surface area contributed by atoms with Crippen LogP contribution in [0.2, 0.25) is 0 Å². The van der Waals surface area contributed by atoms with E-state index in [1.54, 1.807) is 18.2 Å². The molecule has 0 amide bonds. The zero-order valence-electron chi connectivity index (χ0n) is 16.6. The predicted molar refractivity (Wildman–Crippen MR) is 110 cm³/mol. The number of benzene rings is 1. The molecular formula is C24H30O5. The SMILES string of the molecule is O=C(O)c1cccc(C=C2C[C@@H]3[C@@H](/C=C/[C@@H](O)C4CCCCC4)[C@H](O)C[C@@H]3O2)c1. The molecule has 0 spiro atoms. The van der Waals surface area contributed by atoms with E-state index in [0.29, 0.717) is 18.8 Å².